The highest BCUT2D eigenvalue weighted by atomic mass is 35.5. The van der Waals surface area contributed by atoms with Crippen LogP contribution in [0, 0.1) is 57.2 Å². The molecule has 7 rings (SSSR count). The van der Waals surface area contributed by atoms with Gasteiger partial charge in [0.05, 0.1) is 18.1 Å². The number of Topliss-reactive ketones (excluding diaryl/α,β-unsaturated/α-hetero) is 1. The zero-order chi connectivity index (χ0) is 23.5. The number of halogens is 1. The number of benzene rings is 2. The van der Waals surface area contributed by atoms with Gasteiger partial charge in [-0.05, 0) is 68.4 Å². The summed E-state index contributed by atoms with van der Waals surface area (Å²) in [5.74, 6) is 1.66. The molecule has 34 heavy (non-hydrogen) atoms. The van der Waals surface area contributed by atoms with Crippen LogP contribution >= 0.6 is 11.6 Å². The van der Waals surface area contributed by atoms with Gasteiger partial charge in [-0.3, -0.25) is 4.79 Å². The quantitative estimate of drug-likeness (QED) is 0.486. The monoisotopic (exact) mass is 470 g/mol. The topological polar surface area (TPSA) is 73.9 Å². The molecule has 0 saturated heterocycles. The highest BCUT2D eigenvalue weighted by Crippen LogP contribution is 2.70. The Kier molecular flexibility index (Phi) is 5.02. The van der Waals surface area contributed by atoms with Crippen LogP contribution in [0.25, 0.3) is 0 Å². The second-order valence-corrected chi connectivity index (χ2v) is 11.4. The maximum atomic E-state index is 14.2. The SMILES string of the molecule is N#CC1(C#N)[C@H](C(=O)C23CC4CC(CC(C4)C2)C3)[C@@H]1c1ccccc1OCc1ccccc1Cl. The number of ketones is 1. The first-order valence-corrected chi connectivity index (χ1v) is 12.7. The molecule has 0 aromatic heterocycles. The molecule has 5 aliphatic carbocycles. The lowest BCUT2D eigenvalue weighted by molar-refractivity contribution is -0.145. The van der Waals surface area contributed by atoms with Crippen molar-refractivity contribution in [2.75, 3.05) is 0 Å². The maximum Gasteiger partial charge on any atom is 0.161 e. The van der Waals surface area contributed by atoms with Crippen molar-refractivity contribution in [3.8, 4) is 17.9 Å². The van der Waals surface area contributed by atoms with Crippen LogP contribution in [0.15, 0.2) is 48.5 Å². The lowest BCUT2D eigenvalue weighted by Gasteiger charge is -2.56. The molecule has 5 saturated carbocycles. The van der Waals surface area contributed by atoms with Crippen molar-refractivity contribution in [2.24, 2.45) is 34.5 Å². The minimum absolute atomic E-state index is 0.167. The molecule has 0 radical (unpaired) electrons. The van der Waals surface area contributed by atoms with Gasteiger partial charge < -0.3 is 4.74 Å². The van der Waals surface area contributed by atoms with Gasteiger partial charge in [-0.15, -0.1) is 0 Å². The highest BCUT2D eigenvalue weighted by molar-refractivity contribution is 6.31. The lowest BCUT2D eigenvalue weighted by Crippen LogP contribution is -2.50. The minimum atomic E-state index is -1.32. The molecule has 0 spiro atoms. The van der Waals surface area contributed by atoms with Gasteiger partial charge in [-0.1, -0.05) is 48.0 Å². The molecule has 4 nitrogen and oxygen atoms in total. The molecule has 5 heteroatoms. The van der Waals surface area contributed by atoms with Crippen molar-refractivity contribution < 1.29 is 9.53 Å². The Bertz CT molecular complexity index is 1190. The summed E-state index contributed by atoms with van der Waals surface area (Å²) in [4.78, 5) is 14.2. The summed E-state index contributed by atoms with van der Waals surface area (Å²) in [5.41, 5.74) is -0.00591. The fourth-order valence-corrected chi connectivity index (χ4v) is 8.05. The number of carbonyl (C=O) groups is 1. The second-order valence-electron chi connectivity index (χ2n) is 11.0. The average Bonchev–Trinajstić information content (AvgIpc) is 3.51. The van der Waals surface area contributed by atoms with Crippen molar-refractivity contribution in [1.82, 2.24) is 0 Å². The van der Waals surface area contributed by atoms with Gasteiger partial charge in [0.1, 0.15) is 18.1 Å². The Morgan fingerprint density at radius 3 is 2.15 bits per heavy atom. The van der Waals surface area contributed by atoms with Gasteiger partial charge in [-0.25, -0.2) is 0 Å². The van der Waals surface area contributed by atoms with E-state index >= 15 is 0 Å². The van der Waals surface area contributed by atoms with Crippen LogP contribution in [0.5, 0.6) is 5.75 Å². The van der Waals surface area contributed by atoms with Crippen molar-refractivity contribution in [2.45, 2.75) is 51.0 Å². The molecular weight excluding hydrogens is 444 g/mol. The van der Waals surface area contributed by atoms with E-state index in [1.807, 2.05) is 48.5 Å². The van der Waals surface area contributed by atoms with E-state index in [2.05, 4.69) is 12.1 Å². The van der Waals surface area contributed by atoms with Crippen LogP contribution in [0.3, 0.4) is 0 Å². The number of ether oxygens (including phenoxy) is 1. The Hall–Kier alpha value is -2.82. The smallest absolute Gasteiger partial charge is 0.161 e. The highest BCUT2D eigenvalue weighted by Gasteiger charge is 2.74. The van der Waals surface area contributed by atoms with E-state index in [4.69, 9.17) is 16.3 Å². The molecule has 2 aromatic rings. The van der Waals surface area contributed by atoms with Gasteiger partial charge in [-0.2, -0.15) is 10.5 Å². The van der Waals surface area contributed by atoms with E-state index < -0.39 is 17.3 Å². The van der Waals surface area contributed by atoms with E-state index in [0.717, 1.165) is 30.4 Å². The molecule has 4 bridgehead atoms. The Morgan fingerprint density at radius 1 is 0.941 bits per heavy atom. The van der Waals surface area contributed by atoms with Gasteiger partial charge in [0, 0.05) is 27.5 Å². The van der Waals surface area contributed by atoms with Crippen LogP contribution in [0.1, 0.15) is 55.6 Å². The molecular formula is C29H27ClN2O2. The fraction of sp³-hybridized carbons (Fsp3) is 0.483. The van der Waals surface area contributed by atoms with Gasteiger partial charge in [0.15, 0.2) is 5.41 Å². The van der Waals surface area contributed by atoms with Crippen LogP contribution in [0.4, 0.5) is 0 Å². The summed E-state index contributed by atoms with van der Waals surface area (Å²) >= 11 is 6.30. The van der Waals surface area contributed by atoms with Crippen LogP contribution in [-0.4, -0.2) is 5.78 Å². The maximum absolute atomic E-state index is 14.2. The van der Waals surface area contributed by atoms with Gasteiger partial charge in [0.25, 0.3) is 0 Å². The predicted octanol–water partition coefficient (Wildman–Crippen LogP) is 6.45. The summed E-state index contributed by atoms with van der Waals surface area (Å²) in [6.45, 7) is 0.281. The third-order valence-corrected chi connectivity index (χ3v) is 9.38. The third kappa shape index (κ3) is 3.19. The molecule has 2 atom stereocenters. The molecule has 2 aromatic carbocycles. The summed E-state index contributed by atoms with van der Waals surface area (Å²) in [7, 11) is 0. The first-order valence-electron chi connectivity index (χ1n) is 12.3. The number of para-hydroxylation sites is 1. The summed E-state index contributed by atoms with van der Waals surface area (Å²) in [6.07, 6.45) is 6.58. The van der Waals surface area contributed by atoms with Crippen molar-refractivity contribution in [1.29, 1.82) is 10.5 Å². The Balaban J connectivity index is 1.31. The number of nitrogens with zero attached hydrogens (tertiary/aromatic N) is 2. The van der Waals surface area contributed by atoms with E-state index in [9.17, 15) is 15.3 Å². The molecule has 0 heterocycles. The molecule has 0 unspecified atom stereocenters. The molecule has 172 valence electrons. The van der Waals surface area contributed by atoms with Gasteiger partial charge in [0.2, 0.25) is 0 Å². The van der Waals surface area contributed by atoms with Crippen LogP contribution < -0.4 is 4.74 Å². The van der Waals surface area contributed by atoms with Crippen LogP contribution in [-0.2, 0) is 11.4 Å². The minimum Gasteiger partial charge on any atom is -0.489 e. The molecule has 0 aliphatic heterocycles. The number of carbonyl (C=O) groups excluding carboxylic acids is 1. The molecule has 0 amide bonds. The first kappa shape index (κ1) is 21.7. The zero-order valence-corrected chi connectivity index (χ0v) is 19.8. The third-order valence-electron chi connectivity index (χ3n) is 9.01. The first-order chi connectivity index (χ1) is 16.5. The number of hydrogen-bond acceptors (Lipinski definition) is 4. The summed E-state index contributed by atoms with van der Waals surface area (Å²) in [6, 6.07) is 19.6. The van der Waals surface area contributed by atoms with E-state index in [1.165, 1.54) is 19.3 Å². The second kappa shape index (κ2) is 7.86. The van der Waals surface area contributed by atoms with Crippen LogP contribution in [0.2, 0.25) is 5.02 Å². The number of rotatable bonds is 6. The largest absolute Gasteiger partial charge is 0.489 e. The number of nitriles is 2. The van der Waals surface area contributed by atoms with Crippen molar-refractivity contribution >= 4 is 17.4 Å². The fourth-order valence-electron chi connectivity index (χ4n) is 7.86. The summed E-state index contributed by atoms with van der Waals surface area (Å²) in [5, 5.41) is 20.9. The molecule has 5 fully saturated rings. The van der Waals surface area contributed by atoms with Crippen molar-refractivity contribution in [3.63, 3.8) is 0 Å². The van der Waals surface area contributed by atoms with E-state index in [0.29, 0.717) is 28.5 Å². The predicted molar refractivity (Wildman–Crippen MR) is 128 cm³/mol. The Labute approximate surface area is 205 Å². The molecule has 5 aliphatic rings. The number of hydrogen-bond donors (Lipinski definition) is 0. The van der Waals surface area contributed by atoms with Gasteiger partial charge >= 0.3 is 0 Å². The Morgan fingerprint density at radius 2 is 1.53 bits per heavy atom. The summed E-state index contributed by atoms with van der Waals surface area (Å²) < 4.78 is 6.15. The average molecular weight is 471 g/mol. The van der Waals surface area contributed by atoms with E-state index in [1.54, 1.807) is 0 Å². The zero-order valence-electron chi connectivity index (χ0n) is 19.0. The van der Waals surface area contributed by atoms with Crippen molar-refractivity contribution in [3.05, 3.63) is 64.7 Å². The lowest BCUT2D eigenvalue weighted by atomic mass is 9.48. The van der Waals surface area contributed by atoms with E-state index in [-0.39, 0.29) is 17.8 Å². The standard InChI is InChI=1S/C29H27ClN2O2/c30-23-7-3-1-5-21(23)15-34-24-8-4-2-6-22(24)25-26(29(25,16-31)17-32)27(33)28-12-18-9-19(13-28)11-20(10-18)14-28/h1-8,18-20,25-26H,9-15H2/t18?,19?,20?,25-,26-,28?/m0/s1. The normalized spacial score (nSPS) is 34.1. The molecule has 0 N–H and O–H groups in total.